The average Bonchev–Trinajstić information content (AvgIpc) is 2.49. The number of aliphatic hydroxyl groups excluding tert-OH is 1. The van der Waals surface area contributed by atoms with E-state index < -0.39 is 5.97 Å². The Morgan fingerprint density at radius 1 is 1.10 bits per heavy atom. The van der Waals surface area contributed by atoms with Crippen LogP contribution in [0.15, 0.2) is 36.5 Å². The van der Waals surface area contributed by atoms with Crippen LogP contribution in [-0.4, -0.2) is 22.4 Å². The molecule has 0 amide bonds. The van der Waals surface area contributed by atoms with E-state index in [1.165, 1.54) is 18.9 Å². The molecule has 4 heteroatoms. The van der Waals surface area contributed by atoms with Crippen LogP contribution >= 0.6 is 0 Å². The summed E-state index contributed by atoms with van der Waals surface area (Å²) in [4.78, 5) is 14.1. The van der Waals surface area contributed by atoms with Crippen molar-refractivity contribution in [3.63, 3.8) is 0 Å². The van der Waals surface area contributed by atoms with E-state index in [0.717, 1.165) is 38.5 Å². The third-order valence-electron chi connectivity index (χ3n) is 3.02. The van der Waals surface area contributed by atoms with Crippen molar-refractivity contribution in [2.45, 2.75) is 64.4 Å². The molecule has 21 heavy (non-hydrogen) atoms. The van der Waals surface area contributed by atoms with E-state index in [-0.39, 0.29) is 6.10 Å². The van der Waals surface area contributed by atoms with Gasteiger partial charge in [-0.2, -0.15) is 5.26 Å². The standard InChI is InChI=1S/C17H28O4/c1-2-3-10-13-16(18)14-11-8-6-4-5-7-9-12-15-17(19)21-20/h6,8,11-12,14-16,18,20H,2-5,7,9-10,13H2,1H3/t16-/m0/s1. The van der Waals surface area contributed by atoms with Crippen LogP contribution in [-0.2, 0) is 9.68 Å². The maximum absolute atomic E-state index is 10.6. The van der Waals surface area contributed by atoms with Gasteiger partial charge in [0.1, 0.15) is 0 Å². The summed E-state index contributed by atoms with van der Waals surface area (Å²) in [5, 5.41) is 17.7. The first-order chi connectivity index (χ1) is 10.2. The molecular weight excluding hydrogens is 268 g/mol. The quantitative estimate of drug-likeness (QED) is 0.186. The van der Waals surface area contributed by atoms with Crippen molar-refractivity contribution in [3.8, 4) is 0 Å². The van der Waals surface area contributed by atoms with Gasteiger partial charge in [0.05, 0.1) is 6.10 Å². The molecule has 0 fully saturated rings. The molecule has 0 saturated carbocycles. The molecule has 0 aliphatic heterocycles. The number of hydrogen-bond acceptors (Lipinski definition) is 4. The Kier molecular flexibility index (Phi) is 14.0. The van der Waals surface area contributed by atoms with Gasteiger partial charge >= 0.3 is 5.97 Å². The first-order valence-corrected chi connectivity index (χ1v) is 7.74. The highest BCUT2D eigenvalue weighted by Crippen LogP contribution is 2.05. The van der Waals surface area contributed by atoms with Gasteiger partial charge in [-0.3, -0.25) is 4.89 Å². The summed E-state index contributed by atoms with van der Waals surface area (Å²) in [5.74, 6) is -0.738. The molecule has 0 saturated heterocycles. The van der Waals surface area contributed by atoms with Gasteiger partial charge in [-0.15, -0.1) is 0 Å². The van der Waals surface area contributed by atoms with Crippen LogP contribution in [0.5, 0.6) is 0 Å². The molecule has 0 aromatic rings. The second kappa shape index (κ2) is 15.0. The van der Waals surface area contributed by atoms with E-state index in [2.05, 4.69) is 17.9 Å². The normalized spacial score (nSPS) is 13.5. The van der Waals surface area contributed by atoms with Crippen molar-refractivity contribution in [1.82, 2.24) is 0 Å². The van der Waals surface area contributed by atoms with Crippen molar-refractivity contribution >= 4 is 5.97 Å². The molecule has 0 aliphatic rings. The molecular formula is C17H28O4. The molecule has 0 heterocycles. The van der Waals surface area contributed by atoms with Crippen LogP contribution in [0.3, 0.4) is 0 Å². The van der Waals surface area contributed by atoms with Gasteiger partial charge in [-0.25, -0.2) is 4.79 Å². The SMILES string of the molecule is CCCCC[C@H](O)C=CC=CCCCCC=CC(=O)OO. The van der Waals surface area contributed by atoms with E-state index in [4.69, 9.17) is 5.26 Å². The molecule has 0 aromatic carbocycles. The average molecular weight is 296 g/mol. The van der Waals surface area contributed by atoms with Gasteiger partial charge in [0.25, 0.3) is 0 Å². The lowest BCUT2D eigenvalue weighted by atomic mass is 10.1. The molecule has 1 atom stereocenters. The molecule has 0 bridgehead atoms. The zero-order valence-electron chi connectivity index (χ0n) is 12.9. The minimum absolute atomic E-state index is 0.336. The van der Waals surface area contributed by atoms with Gasteiger partial charge in [-0.1, -0.05) is 56.6 Å². The van der Waals surface area contributed by atoms with Crippen LogP contribution in [0.25, 0.3) is 0 Å². The third kappa shape index (κ3) is 14.8. The summed E-state index contributed by atoms with van der Waals surface area (Å²) in [7, 11) is 0. The summed E-state index contributed by atoms with van der Waals surface area (Å²) < 4.78 is 0. The maximum Gasteiger partial charge on any atom is 0.365 e. The van der Waals surface area contributed by atoms with Crippen LogP contribution < -0.4 is 0 Å². The Bertz CT molecular complexity index is 332. The molecule has 4 nitrogen and oxygen atoms in total. The molecule has 0 rings (SSSR count). The number of carbonyl (C=O) groups is 1. The summed E-state index contributed by atoms with van der Waals surface area (Å²) in [6.07, 6.45) is 18.3. The lowest BCUT2D eigenvalue weighted by Gasteiger charge is -2.03. The fraction of sp³-hybridized carbons (Fsp3) is 0.588. The van der Waals surface area contributed by atoms with Crippen LogP contribution in [0, 0.1) is 0 Å². The molecule has 120 valence electrons. The minimum Gasteiger partial charge on any atom is -0.389 e. The zero-order chi connectivity index (χ0) is 15.8. The fourth-order valence-electron chi connectivity index (χ4n) is 1.80. The predicted molar refractivity (Wildman–Crippen MR) is 84.8 cm³/mol. The molecule has 0 aliphatic carbocycles. The number of hydrogen-bond donors (Lipinski definition) is 2. The van der Waals surface area contributed by atoms with Crippen molar-refractivity contribution in [3.05, 3.63) is 36.5 Å². The zero-order valence-corrected chi connectivity index (χ0v) is 12.9. The van der Waals surface area contributed by atoms with Crippen LogP contribution in [0.2, 0.25) is 0 Å². The van der Waals surface area contributed by atoms with Crippen LogP contribution in [0.4, 0.5) is 0 Å². The van der Waals surface area contributed by atoms with E-state index in [0.29, 0.717) is 0 Å². The number of unbranched alkanes of at least 4 members (excludes halogenated alkanes) is 5. The lowest BCUT2D eigenvalue weighted by Crippen LogP contribution is -2.00. The van der Waals surface area contributed by atoms with Gasteiger partial charge in [0, 0.05) is 6.08 Å². The monoisotopic (exact) mass is 296 g/mol. The number of carbonyl (C=O) groups excluding carboxylic acids is 1. The lowest BCUT2D eigenvalue weighted by molar-refractivity contribution is -0.228. The van der Waals surface area contributed by atoms with Crippen molar-refractivity contribution < 1.29 is 20.0 Å². The number of aliphatic hydroxyl groups is 1. The summed E-state index contributed by atoms with van der Waals surface area (Å²) >= 11 is 0. The highest BCUT2D eigenvalue weighted by Gasteiger charge is 1.96. The number of rotatable bonds is 12. The van der Waals surface area contributed by atoms with E-state index in [9.17, 15) is 9.90 Å². The second-order valence-electron chi connectivity index (χ2n) is 4.97. The second-order valence-corrected chi connectivity index (χ2v) is 4.97. The van der Waals surface area contributed by atoms with Gasteiger partial charge in [0.2, 0.25) is 0 Å². The first-order valence-electron chi connectivity index (χ1n) is 7.74. The first kappa shape index (κ1) is 19.6. The van der Waals surface area contributed by atoms with E-state index in [1.54, 1.807) is 6.08 Å². The highest BCUT2D eigenvalue weighted by atomic mass is 17.1. The van der Waals surface area contributed by atoms with Gasteiger partial charge in [0.15, 0.2) is 0 Å². The van der Waals surface area contributed by atoms with Crippen molar-refractivity contribution in [1.29, 1.82) is 0 Å². The minimum atomic E-state index is -0.738. The Balaban J connectivity index is 3.51. The van der Waals surface area contributed by atoms with E-state index in [1.807, 2.05) is 18.2 Å². The Morgan fingerprint density at radius 2 is 1.81 bits per heavy atom. The molecule has 0 spiro atoms. The third-order valence-corrected chi connectivity index (χ3v) is 3.02. The predicted octanol–water partition coefficient (Wildman–Crippen LogP) is 4.17. The van der Waals surface area contributed by atoms with Crippen LogP contribution in [0.1, 0.15) is 58.3 Å². The van der Waals surface area contributed by atoms with Gasteiger partial charge < -0.3 is 5.11 Å². The fourth-order valence-corrected chi connectivity index (χ4v) is 1.80. The smallest absolute Gasteiger partial charge is 0.365 e. The summed E-state index contributed by atoms with van der Waals surface area (Å²) in [6.45, 7) is 2.15. The largest absolute Gasteiger partial charge is 0.389 e. The number of allylic oxidation sites excluding steroid dienone is 4. The Labute approximate surface area is 127 Å². The summed E-state index contributed by atoms with van der Waals surface area (Å²) in [5.41, 5.74) is 0. The highest BCUT2D eigenvalue weighted by molar-refractivity contribution is 5.81. The molecule has 0 unspecified atom stereocenters. The summed E-state index contributed by atoms with van der Waals surface area (Å²) in [6, 6.07) is 0. The maximum atomic E-state index is 10.6. The Hall–Kier alpha value is -1.39. The van der Waals surface area contributed by atoms with Crippen molar-refractivity contribution in [2.24, 2.45) is 0 Å². The van der Waals surface area contributed by atoms with Crippen molar-refractivity contribution in [2.75, 3.05) is 0 Å². The molecule has 2 N–H and O–H groups in total. The van der Waals surface area contributed by atoms with E-state index >= 15 is 0 Å². The Morgan fingerprint density at radius 3 is 2.48 bits per heavy atom. The van der Waals surface area contributed by atoms with Gasteiger partial charge in [-0.05, 0) is 32.1 Å². The topological polar surface area (TPSA) is 66.8 Å². The molecule has 0 radical (unpaired) electrons. The molecule has 0 aromatic heterocycles.